The van der Waals surface area contributed by atoms with Gasteiger partial charge in [-0.05, 0) is 48.4 Å². The van der Waals surface area contributed by atoms with E-state index in [4.69, 9.17) is 16.7 Å². The van der Waals surface area contributed by atoms with Crippen LogP contribution in [0.4, 0.5) is 4.79 Å². The number of aliphatic hydroxyl groups is 1. The van der Waals surface area contributed by atoms with Crippen LogP contribution in [-0.4, -0.2) is 17.7 Å². The molecule has 0 aromatic heterocycles. The number of halogens is 1. The number of fused-ring (bicyclic) bond motifs is 1. The van der Waals surface area contributed by atoms with E-state index >= 15 is 0 Å². The predicted molar refractivity (Wildman–Crippen MR) is 99.7 cm³/mol. The summed E-state index contributed by atoms with van der Waals surface area (Å²) in [7, 11) is 0. The molecule has 132 valence electrons. The predicted octanol–water partition coefficient (Wildman–Crippen LogP) is 4.14. The van der Waals surface area contributed by atoms with Gasteiger partial charge in [-0.1, -0.05) is 54.1 Å². The standard InChI is InChI=1S/C20H23ClN2O2/c21-17-9-4-8-16-15(17)11-12-19(16)23-20(25)22-18(10-5-13-24)14-6-2-1-3-7-14/h1-4,6-9,18-19,24H,5,10-13H2,(H2,22,23,25). The summed E-state index contributed by atoms with van der Waals surface area (Å²) in [4.78, 5) is 12.5. The molecule has 0 spiro atoms. The van der Waals surface area contributed by atoms with Crippen molar-refractivity contribution in [2.45, 2.75) is 37.8 Å². The summed E-state index contributed by atoms with van der Waals surface area (Å²) in [6.07, 6.45) is 3.08. The highest BCUT2D eigenvalue weighted by molar-refractivity contribution is 6.31. The first-order valence-electron chi connectivity index (χ1n) is 8.69. The molecule has 3 rings (SSSR count). The fourth-order valence-corrected chi connectivity index (χ4v) is 3.70. The molecule has 0 saturated heterocycles. The van der Waals surface area contributed by atoms with Crippen LogP contribution in [0.1, 0.15) is 48.0 Å². The van der Waals surface area contributed by atoms with Gasteiger partial charge in [0.2, 0.25) is 0 Å². The molecule has 5 heteroatoms. The first kappa shape index (κ1) is 17.8. The molecule has 0 heterocycles. The van der Waals surface area contributed by atoms with E-state index in [0.717, 1.165) is 34.6 Å². The quantitative estimate of drug-likeness (QED) is 0.726. The number of amides is 2. The van der Waals surface area contributed by atoms with Crippen molar-refractivity contribution in [3.05, 3.63) is 70.2 Å². The van der Waals surface area contributed by atoms with Crippen molar-refractivity contribution < 1.29 is 9.90 Å². The third kappa shape index (κ3) is 4.33. The van der Waals surface area contributed by atoms with E-state index in [0.29, 0.717) is 12.8 Å². The third-order valence-electron chi connectivity index (χ3n) is 4.68. The third-order valence-corrected chi connectivity index (χ3v) is 5.03. The van der Waals surface area contributed by atoms with Crippen LogP contribution in [0.3, 0.4) is 0 Å². The SMILES string of the molecule is O=C(NC(CCCO)c1ccccc1)NC1CCc2c(Cl)cccc21. The second kappa shape index (κ2) is 8.37. The number of nitrogens with one attached hydrogen (secondary N) is 2. The topological polar surface area (TPSA) is 61.4 Å². The Morgan fingerprint density at radius 3 is 2.76 bits per heavy atom. The van der Waals surface area contributed by atoms with Gasteiger partial charge in [0.15, 0.2) is 0 Å². The van der Waals surface area contributed by atoms with Crippen molar-refractivity contribution in [1.82, 2.24) is 10.6 Å². The lowest BCUT2D eigenvalue weighted by molar-refractivity contribution is 0.229. The number of urea groups is 1. The van der Waals surface area contributed by atoms with E-state index in [1.807, 2.05) is 48.5 Å². The molecule has 4 nitrogen and oxygen atoms in total. The number of rotatable bonds is 6. The fraction of sp³-hybridized carbons (Fsp3) is 0.350. The largest absolute Gasteiger partial charge is 0.396 e. The van der Waals surface area contributed by atoms with Crippen LogP contribution in [0.25, 0.3) is 0 Å². The lowest BCUT2D eigenvalue weighted by Gasteiger charge is -2.21. The summed E-state index contributed by atoms with van der Waals surface area (Å²) in [5.41, 5.74) is 3.28. The highest BCUT2D eigenvalue weighted by Gasteiger charge is 2.26. The minimum Gasteiger partial charge on any atom is -0.396 e. The monoisotopic (exact) mass is 358 g/mol. The van der Waals surface area contributed by atoms with Gasteiger partial charge in [0.05, 0.1) is 12.1 Å². The molecule has 0 radical (unpaired) electrons. The molecule has 2 atom stereocenters. The zero-order chi connectivity index (χ0) is 17.6. The van der Waals surface area contributed by atoms with E-state index in [-0.39, 0.29) is 24.7 Å². The van der Waals surface area contributed by atoms with Crippen LogP contribution in [0, 0.1) is 0 Å². The van der Waals surface area contributed by atoms with E-state index < -0.39 is 0 Å². The molecular weight excluding hydrogens is 336 g/mol. The van der Waals surface area contributed by atoms with Crippen LogP contribution < -0.4 is 10.6 Å². The zero-order valence-electron chi connectivity index (χ0n) is 14.0. The fourth-order valence-electron chi connectivity index (χ4n) is 3.42. The van der Waals surface area contributed by atoms with Crippen LogP contribution in [-0.2, 0) is 6.42 Å². The van der Waals surface area contributed by atoms with E-state index in [9.17, 15) is 4.79 Å². The Kier molecular flexibility index (Phi) is 5.95. The first-order chi connectivity index (χ1) is 12.2. The molecule has 0 saturated carbocycles. The summed E-state index contributed by atoms with van der Waals surface area (Å²) in [5.74, 6) is 0. The Bertz CT molecular complexity index is 721. The van der Waals surface area contributed by atoms with Gasteiger partial charge in [-0.15, -0.1) is 0 Å². The smallest absolute Gasteiger partial charge is 0.315 e. The number of hydrogen-bond acceptors (Lipinski definition) is 2. The van der Waals surface area contributed by atoms with Crippen molar-refractivity contribution in [1.29, 1.82) is 0 Å². The molecule has 0 aliphatic heterocycles. The average molecular weight is 359 g/mol. The maximum Gasteiger partial charge on any atom is 0.315 e. The van der Waals surface area contributed by atoms with Crippen molar-refractivity contribution in [2.75, 3.05) is 6.61 Å². The van der Waals surface area contributed by atoms with Gasteiger partial charge in [-0.3, -0.25) is 0 Å². The van der Waals surface area contributed by atoms with Crippen LogP contribution >= 0.6 is 11.6 Å². The molecule has 2 aromatic carbocycles. The lowest BCUT2D eigenvalue weighted by Crippen LogP contribution is -2.39. The Morgan fingerprint density at radius 2 is 2.00 bits per heavy atom. The molecule has 25 heavy (non-hydrogen) atoms. The Labute approximate surface area is 153 Å². The minimum atomic E-state index is -0.190. The van der Waals surface area contributed by atoms with Crippen LogP contribution in [0.5, 0.6) is 0 Å². The summed E-state index contributed by atoms with van der Waals surface area (Å²) >= 11 is 6.24. The Hall–Kier alpha value is -2.04. The number of aliphatic hydroxyl groups excluding tert-OH is 1. The molecule has 1 aliphatic rings. The molecule has 1 aliphatic carbocycles. The maximum absolute atomic E-state index is 12.5. The summed E-state index contributed by atoms with van der Waals surface area (Å²) in [6.45, 7) is 0.112. The second-order valence-electron chi connectivity index (χ2n) is 6.35. The van der Waals surface area contributed by atoms with E-state index in [2.05, 4.69) is 10.6 Å². The molecule has 2 amide bonds. The zero-order valence-corrected chi connectivity index (χ0v) is 14.8. The first-order valence-corrected chi connectivity index (χ1v) is 9.07. The van der Waals surface area contributed by atoms with Crippen molar-refractivity contribution in [3.8, 4) is 0 Å². The van der Waals surface area contributed by atoms with Crippen molar-refractivity contribution in [3.63, 3.8) is 0 Å². The maximum atomic E-state index is 12.5. The Balaban J connectivity index is 1.66. The summed E-state index contributed by atoms with van der Waals surface area (Å²) in [6, 6.07) is 15.4. The molecule has 0 fully saturated rings. The van der Waals surface area contributed by atoms with Gasteiger partial charge in [0.1, 0.15) is 0 Å². The summed E-state index contributed by atoms with van der Waals surface area (Å²) < 4.78 is 0. The normalized spacial score (nSPS) is 17.0. The van der Waals surface area contributed by atoms with Gasteiger partial charge in [0, 0.05) is 11.6 Å². The van der Waals surface area contributed by atoms with Gasteiger partial charge in [-0.25, -0.2) is 4.79 Å². The molecular formula is C20H23ClN2O2. The van der Waals surface area contributed by atoms with Crippen LogP contribution in [0.15, 0.2) is 48.5 Å². The molecule has 3 N–H and O–H groups in total. The summed E-state index contributed by atoms with van der Waals surface area (Å²) in [5, 5.41) is 16.0. The highest BCUT2D eigenvalue weighted by Crippen LogP contribution is 2.35. The van der Waals surface area contributed by atoms with Gasteiger partial charge in [-0.2, -0.15) is 0 Å². The van der Waals surface area contributed by atoms with Crippen molar-refractivity contribution in [2.24, 2.45) is 0 Å². The molecule has 2 unspecified atom stereocenters. The number of carbonyl (C=O) groups is 1. The molecule has 2 aromatic rings. The second-order valence-corrected chi connectivity index (χ2v) is 6.75. The van der Waals surface area contributed by atoms with Gasteiger partial charge in [0.25, 0.3) is 0 Å². The molecule has 0 bridgehead atoms. The number of hydrogen-bond donors (Lipinski definition) is 3. The lowest BCUT2D eigenvalue weighted by atomic mass is 10.0. The van der Waals surface area contributed by atoms with E-state index in [1.165, 1.54) is 0 Å². The van der Waals surface area contributed by atoms with E-state index in [1.54, 1.807) is 0 Å². The highest BCUT2D eigenvalue weighted by atomic mass is 35.5. The van der Waals surface area contributed by atoms with Gasteiger partial charge >= 0.3 is 6.03 Å². The number of benzene rings is 2. The minimum absolute atomic E-state index is 0.0111. The van der Waals surface area contributed by atoms with Crippen LogP contribution in [0.2, 0.25) is 5.02 Å². The number of carbonyl (C=O) groups excluding carboxylic acids is 1. The van der Waals surface area contributed by atoms with Crippen molar-refractivity contribution >= 4 is 17.6 Å². The average Bonchev–Trinajstić information content (AvgIpc) is 3.03. The van der Waals surface area contributed by atoms with Gasteiger partial charge < -0.3 is 15.7 Å². The Morgan fingerprint density at radius 1 is 1.20 bits per heavy atom.